The summed E-state index contributed by atoms with van der Waals surface area (Å²) in [6.45, 7) is 4.96. The molecule has 1 saturated heterocycles. The number of nitrogens with zero attached hydrogens (tertiary/aromatic N) is 1. The van der Waals surface area contributed by atoms with Crippen molar-refractivity contribution < 1.29 is 8.42 Å². The predicted molar refractivity (Wildman–Crippen MR) is 81.8 cm³/mol. The minimum atomic E-state index is -3.30. The standard InChI is InChI=1S/C14H29N3O2S/c1-2-15-12-14-8-3-4-11-17(14)20(18,19)16-10-9-13-6-5-7-13/h13-16H,2-12H2,1H3. The van der Waals surface area contributed by atoms with Gasteiger partial charge in [0.25, 0.3) is 10.2 Å². The van der Waals surface area contributed by atoms with Crippen LogP contribution in [-0.4, -0.2) is 44.9 Å². The molecule has 1 heterocycles. The third-order valence-corrected chi connectivity index (χ3v) is 6.24. The molecule has 1 aliphatic heterocycles. The van der Waals surface area contributed by atoms with Crippen LogP contribution in [0.25, 0.3) is 0 Å². The Bertz CT molecular complexity index is 382. The molecule has 5 nitrogen and oxygen atoms in total. The molecule has 0 aromatic carbocycles. The summed E-state index contributed by atoms with van der Waals surface area (Å²) in [4.78, 5) is 0. The van der Waals surface area contributed by atoms with E-state index in [1.807, 2.05) is 0 Å². The minimum absolute atomic E-state index is 0.116. The van der Waals surface area contributed by atoms with Gasteiger partial charge in [-0.15, -0.1) is 0 Å². The molecule has 0 aromatic heterocycles. The van der Waals surface area contributed by atoms with Crippen LogP contribution in [0.1, 0.15) is 51.9 Å². The monoisotopic (exact) mass is 303 g/mol. The van der Waals surface area contributed by atoms with Crippen molar-refractivity contribution in [2.45, 2.75) is 57.9 Å². The van der Waals surface area contributed by atoms with E-state index in [0.717, 1.165) is 44.7 Å². The average Bonchev–Trinajstić information content (AvgIpc) is 2.39. The van der Waals surface area contributed by atoms with E-state index in [-0.39, 0.29) is 6.04 Å². The molecule has 2 aliphatic rings. The summed E-state index contributed by atoms with van der Waals surface area (Å²) in [5.74, 6) is 0.747. The summed E-state index contributed by atoms with van der Waals surface area (Å²) in [5, 5.41) is 3.28. The molecular weight excluding hydrogens is 274 g/mol. The summed E-state index contributed by atoms with van der Waals surface area (Å²) in [7, 11) is -3.30. The van der Waals surface area contributed by atoms with Gasteiger partial charge in [0.1, 0.15) is 0 Å². The Balaban J connectivity index is 1.83. The number of hydrogen-bond donors (Lipinski definition) is 2. The minimum Gasteiger partial charge on any atom is -0.315 e. The molecule has 0 amide bonds. The van der Waals surface area contributed by atoms with Crippen molar-refractivity contribution in [2.75, 3.05) is 26.2 Å². The fourth-order valence-electron chi connectivity index (χ4n) is 3.06. The maximum atomic E-state index is 12.4. The third-order valence-electron chi connectivity index (χ3n) is 4.57. The first-order valence-electron chi connectivity index (χ1n) is 8.10. The van der Waals surface area contributed by atoms with Crippen molar-refractivity contribution in [3.05, 3.63) is 0 Å². The highest BCUT2D eigenvalue weighted by Gasteiger charge is 2.31. The van der Waals surface area contributed by atoms with E-state index in [4.69, 9.17) is 0 Å². The quantitative estimate of drug-likeness (QED) is 0.714. The molecule has 0 spiro atoms. The van der Waals surface area contributed by atoms with Gasteiger partial charge in [-0.2, -0.15) is 12.7 Å². The summed E-state index contributed by atoms with van der Waals surface area (Å²) in [5.41, 5.74) is 0. The Hall–Kier alpha value is -0.170. The molecule has 2 rings (SSSR count). The Kier molecular flexibility index (Phi) is 6.26. The first-order valence-corrected chi connectivity index (χ1v) is 9.54. The smallest absolute Gasteiger partial charge is 0.279 e. The maximum Gasteiger partial charge on any atom is 0.279 e. The van der Waals surface area contributed by atoms with Gasteiger partial charge in [0.05, 0.1) is 0 Å². The molecule has 1 atom stereocenters. The van der Waals surface area contributed by atoms with Gasteiger partial charge < -0.3 is 5.32 Å². The van der Waals surface area contributed by atoms with Gasteiger partial charge in [-0.25, -0.2) is 4.72 Å². The van der Waals surface area contributed by atoms with Crippen LogP contribution in [0.3, 0.4) is 0 Å². The van der Waals surface area contributed by atoms with Crippen molar-refractivity contribution in [2.24, 2.45) is 5.92 Å². The summed E-state index contributed by atoms with van der Waals surface area (Å²) in [6.07, 6.45) is 7.93. The topological polar surface area (TPSA) is 61.4 Å². The van der Waals surface area contributed by atoms with Crippen molar-refractivity contribution in [3.8, 4) is 0 Å². The van der Waals surface area contributed by atoms with Gasteiger partial charge >= 0.3 is 0 Å². The molecular formula is C14H29N3O2S. The van der Waals surface area contributed by atoms with Crippen LogP contribution in [0.15, 0.2) is 0 Å². The van der Waals surface area contributed by atoms with E-state index in [9.17, 15) is 8.42 Å². The van der Waals surface area contributed by atoms with Gasteiger partial charge in [0.2, 0.25) is 0 Å². The zero-order chi connectivity index (χ0) is 14.4. The number of piperidine rings is 1. The predicted octanol–water partition coefficient (Wildman–Crippen LogP) is 1.47. The van der Waals surface area contributed by atoms with Gasteiger partial charge in [-0.1, -0.05) is 32.6 Å². The fraction of sp³-hybridized carbons (Fsp3) is 1.00. The second-order valence-electron chi connectivity index (χ2n) is 6.05. The van der Waals surface area contributed by atoms with E-state index in [0.29, 0.717) is 13.1 Å². The molecule has 1 unspecified atom stereocenters. The highest BCUT2D eigenvalue weighted by molar-refractivity contribution is 7.87. The number of nitrogens with one attached hydrogen (secondary N) is 2. The van der Waals surface area contributed by atoms with Gasteiger partial charge in [-0.05, 0) is 31.7 Å². The molecule has 20 heavy (non-hydrogen) atoms. The molecule has 2 N–H and O–H groups in total. The molecule has 0 bridgehead atoms. The van der Waals surface area contributed by atoms with Crippen molar-refractivity contribution in [1.29, 1.82) is 0 Å². The molecule has 2 fully saturated rings. The molecule has 1 aliphatic carbocycles. The SMILES string of the molecule is CCNCC1CCCCN1S(=O)(=O)NCCC1CCC1. The number of hydrogen-bond acceptors (Lipinski definition) is 3. The summed E-state index contributed by atoms with van der Waals surface area (Å²) < 4.78 is 29.4. The Morgan fingerprint density at radius 1 is 1.15 bits per heavy atom. The van der Waals surface area contributed by atoms with Gasteiger partial charge in [0.15, 0.2) is 0 Å². The Morgan fingerprint density at radius 3 is 2.60 bits per heavy atom. The van der Waals surface area contributed by atoms with Crippen LogP contribution in [0.4, 0.5) is 0 Å². The van der Waals surface area contributed by atoms with Crippen molar-refractivity contribution >= 4 is 10.2 Å². The number of rotatable bonds is 8. The van der Waals surface area contributed by atoms with Crippen LogP contribution in [0, 0.1) is 5.92 Å². The zero-order valence-corrected chi connectivity index (χ0v) is 13.4. The van der Waals surface area contributed by atoms with E-state index in [1.54, 1.807) is 4.31 Å². The first kappa shape index (κ1) is 16.2. The van der Waals surface area contributed by atoms with Crippen LogP contribution in [0.5, 0.6) is 0 Å². The lowest BCUT2D eigenvalue weighted by Crippen LogP contribution is -2.52. The Morgan fingerprint density at radius 2 is 1.95 bits per heavy atom. The molecule has 0 radical (unpaired) electrons. The zero-order valence-electron chi connectivity index (χ0n) is 12.6. The largest absolute Gasteiger partial charge is 0.315 e. The molecule has 118 valence electrons. The summed E-state index contributed by atoms with van der Waals surface area (Å²) >= 11 is 0. The highest BCUT2D eigenvalue weighted by Crippen LogP contribution is 2.29. The lowest BCUT2D eigenvalue weighted by molar-refractivity contribution is 0.242. The van der Waals surface area contributed by atoms with E-state index in [1.165, 1.54) is 19.3 Å². The summed E-state index contributed by atoms with van der Waals surface area (Å²) in [6, 6.07) is 0.116. The van der Waals surface area contributed by atoms with E-state index >= 15 is 0 Å². The fourth-order valence-corrected chi connectivity index (χ4v) is 4.55. The lowest BCUT2D eigenvalue weighted by atomic mass is 9.83. The Labute approximate surface area is 123 Å². The van der Waals surface area contributed by atoms with E-state index < -0.39 is 10.2 Å². The lowest BCUT2D eigenvalue weighted by Gasteiger charge is -2.35. The van der Waals surface area contributed by atoms with Crippen molar-refractivity contribution in [1.82, 2.24) is 14.3 Å². The molecule has 0 aromatic rings. The van der Waals surface area contributed by atoms with Crippen LogP contribution < -0.4 is 10.0 Å². The highest BCUT2D eigenvalue weighted by atomic mass is 32.2. The van der Waals surface area contributed by atoms with Crippen LogP contribution in [-0.2, 0) is 10.2 Å². The second kappa shape index (κ2) is 7.73. The first-order chi connectivity index (χ1) is 9.63. The second-order valence-corrected chi connectivity index (χ2v) is 7.76. The third kappa shape index (κ3) is 4.41. The van der Waals surface area contributed by atoms with E-state index in [2.05, 4.69) is 17.0 Å². The van der Waals surface area contributed by atoms with Crippen LogP contribution in [0.2, 0.25) is 0 Å². The normalized spacial score (nSPS) is 25.6. The average molecular weight is 303 g/mol. The molecule has 6 heteroatoms. The maximum absolute atomic E-state index is 12.4. The van der Waals surface area contributed by atoms with Crippen molar-refractivity contribution in [3.63, 3.8) is 0 Å². The number of likely N-dealkylation sites (N-methyl/N-ethyl adjacent to an activating group) is 1. The molecule has 1 saturated carbocycles. The van der Waals surface area contributed by atoms with Gasteiger partial charge in [-0.3, -0.25) is 0 Å². The van der Waals surface area contributed by atoms with Crippen LogP contribution >= 0.6 is 0 Å². The van der Waals surface area contributed by atoms with Gasteiger partial charge in [0, 0.05) is 25.7 Å².